The van der Waals surface area contributed by atoms with Gasteiger partial charge in [0.15, 0.2) is 0 Å². The first-order valence-corrected chi connectivity index (χ1v) is 9.18. The predicted octanol–water partition coefficient (Wildman–Crippen LogP) is 4.28. The first-order chi connectivity index (χ1) is 13.2. The number of hydrogen-bond donors (Lipinski definition) is 1. The molecule has 0 radical (unpaired) electrons. The second-order valence-corrected chi connectivity index (χ2v) is 7.26. The molecule has 1 aromatic heterocycles. The lowest BCUT2D eigenvalue weighted by atomic mass is 9.75. The molecule has 5 nitrogen and oxygen atoms in total. The molecule has 28 heavy (non-hydrogen) atoms. The van der Waals surface area contributed by atoms with Crippen molar-refractivity contribution in [2.45, 2.75) is 24.4 Å². The minimum atomic E-state index is -4.61. The van der Waals surface area contributed by atoms with E-state index in [1.165, 1.54) is 12.4 Å². The molecule has 0 saturated carbocycles. The van der Waals surface area contributed by atoms with Gasteiger partial charge >= 0.3 is 6.18 Å². The Morgan fingerprint density at radius 3 is 2.43 bits per heavy atom. The van der Waals surface area contributed by atoms with E-state index in [1.54, 1.807) is 18.2 Å². The highest BCUT2D eigenvalue weighted by atomic mass is 35.5. The first kappa shape index (κ1) is 20.8. The molecule has 0 unspecified atom stereocenters. The van der Waals surface area contributed by atoms with Crippen LogP contribution >= 0.6 is 23.2 Å². The van der Waals surface area contributed by atoms with E-state index < -0.39 is 23.3 Å². The number of rotatable bonds is 4. The number of ether oxygens (including phenoxy) is 1. The van der Waals surface area contributed by atoms with Crippen molar-refractivity contribution < 1.29 is 22.7 Å². The van der Waals surface area contributed by atoms with Crippen LogP contribution in [0.25, 0.3) is 0 Å². The first-order valence-electron chi connectivity index (χ1n) is 8.43. The highest BCUT2D eigenvalue weighted by molar-refractivity contribution is 6.43. The molecular weight excluding hydrogens is 418 g/mol. The highest BCUT2D eigenvalue weighted by Gasteiger charge is 2.38. The summed E-state index contributed by atoms with van der Waals surface area (Å²) in [5.74, 6) is -1.63. The molecule has 1 aliphatic heterocycles. The zero-order chi connectivity index (χ0) is 20.4. The van der Waals surface area contributed by atoms with Crippen molar-refractivity contribution in [1.82, 2.24) is 15.3 Å². The van der Waals surface area contributed by atoms with Gasteiger partial charge in [0.1, 0.15) is 0 Å². The Kier molecular flexibility index (Phi) is 6.12. The number of amides is 1. The third-order valence-corrected chi connectivity index (χ3v) is 5.57. The molecule has 1 amide bonds. The summed E-state index contributed by atoms with van der Waals surface area (Å²) < 4.78 is 43.6. The number of nitrogens with one attached hydrogen (secondary N) is 1. The summed E-state index contributed by atoms with van der Waals surface area (Å²) in [6.45, 7) is 0.996. The fourth-order valence-corrected chi connectivity index (χ4v) is 3.49. The van der Waals surface area contributed by atoms with E-state index in [0.29, 0.717) is 31.6 Å². The normalized spacial score (nSPS) is 16.6. The molecule has 2 aromatic rings. The van der Waals surface area contributed by atoms with Gasteiger partial charge in [-0.05, 0) is 30.5 Å². The van der Waals surface area contributed by atoms with Crippen LogP contribution in [0.1, 0.15) is 34.6 Å². The fourth-order valence-electron chi connectivity index (χ4n) is 3.10. The standard InChI is InChI=1S/C18H16Cl2F3N3O2/c19-13-3-1-2-12(14(13)20)15(27)26-10-17(4-6-28-7-5-17)11-8-24-16(25-9-11)18(21,22)23/h1-3,8-9H,4-7,10H2,(H,26,27). The van der Waals surface area contributed by atoms with Crippen molar-refractivity contribution in [1.29, 1.82) is 0 Å². The van der Waals surface area contributed by atoms with Gasteiger partial charge < -0.3 is 10.1 Å². The lowest BCUT2D eigenvalue weighted by molar-refractivity contribution is -0.145. The fraction of sp³-hybridized carbons (Fsp3) is 0.389. The van der Waals surface area contributed by atoms with Crippen molar-refractivity contribution in [3.8, 4) is 0 Å². The van der Waals surface area contributed by atoms with Gasteiger partial charge in [-0.2, -0.15) is 13.2 Å². The van der Waals surface area contributed by atoms with Crippen molar-refractivity contribution in [2.24, 2.45) is 0 Å². The van der Waals surface area contributed by atoms with Gasteiger partial charge in [-0.3, -0.25) is 4.79 Å². The van der Waals surface area contributed by atoms with Crippen molar-refractivity contribution >= 4 is 29.1 Å². The maximum atomic E-state index is 12.7. The van der Waals surface area contributed by atoms with E-state index >= 15 is 0 Å². The average molecular weight is 434 g/mol. The van der Waals surface area contributed by atoms with Crippen LogP contribution in [0.2, 0.25) is 10.0 Å². The maximum absolute atomic E-state index is 12.7. The van der Waals surface area contributed by atoms with Gasteiger partial charge in [0, 0.05) is 37.6 Å². The van der Waals surface area contributed by atoms with E-state index in [-0.39, 0.29) is 22.2 Å². The second-order valence-electron chi connectivity index (χ2n) is 6.47. The van der Waals surface area contributed by atoms with Crippen molar-refractivity contribution in [3.63, 3.8) is 0 Å². The summed E-state index contributed by atoms with van der Waals surface area (Å²) in [5.41, 5.74) is 0.102. The molecule has 0 spiro atoms. The quantitative estimate of drug-likeness (QED) is 0.781. The molecule has 1 aliphatic rings. The van der Waals surface area contributed by atoms with E-state index in [4.69, 9.17) is 27.9 Å². The van der Waals surface area contributed by atoms with Gasteiger partial charge in [0.2, 0.25) is 5.82 Å². The van der Waals surface area contributed by atoms with Gasteiger partial charge in [-0.1, -0.05) is 29.3 Å². The topological polar surface area (TPSA) is 64.1 Å². The third kappa shape index (κ3) is 4.39. The van der Waals surface area contributed by atoms with Crippen LogP contribution < -0.4 is 5.32 Å². The van der Waals surface area contributed by atoms with Crippen molar-refractivity contribution in [3.05, 3.63) is 57.6 Å². The van der Waals surface area contributed by atoms with Crippen LogP contribution in [-0.2, 0) is 16.3 Å². The minimum absolute atomic E-state index is 0.139. The Morgan fingerprint density at radius 1 is 1.18 bits per heavy atom. The molecule has 10 heteroatoms. The van der Waals surface area contributed by atoms with Crippen LogP contribution in [0, 0.1) is 0 Å². The van der Waals surface area contributed by atoms with Crippen LogP contribution in [0.15, 0.2) is 30.6 Å². The maximum Gasteiger partial charge on any atom is 0.451 e. The molecule has 0 aliphatic carbocycles. The zero-order valence-electron chi connectivity index (χ0n) is 14.5. The summed E-state index contributed by atoms with van der Waals surface area (Å²) in [7, 11) is 0. The molecule has 2 heterocycles. The summed E-state index contributed by atoms with van der Waals surface area (Å²) >= 11 is 12.0. The minimum Gasteiger partial charge on any atom is -0.381 e. The zero-order valence-corrected chi connectivity index (χ0v) is 16.0. The number of benzene rings is 1. The Balaban J connectivity index is 1.82. The van der Waals surface area contributed by atoms with Gasteiger partial charge in [0.25, 0.3) is 5.91 Å². The summed E-state index contributed by atoms with van der Waals surface area (Å²) in [4.78, 5) is 19.5. The number of halogens is 5. The van der Waals surface area contributed by atoms with Crippen LogP contribution in [0.5, 0.6) is 0 Å². The number of aromatic nitrogens is 2. The molecule has 0 atom stereocenters. The number of alkyl halides is 3. The van der Waals surface area contributed by atoms with Gasteiger partial charge in [0.05, 0.1) is 15.6 Å². The summed E-state index contributed by atoms with van der Waals surface area (Å²) in [5, 5.41) is 3.20. The number of hydrogen-bond acceptors (Lipinski definition) is 4. The SMILES string of the molecule is O=C(NCC1(c2cnc(C(F)(F)F)nc2)CCOCC1)c1cccc(Cl)c1Cl. The monoisotopic (exact) mass is 433 g/mol. The molecule has 1 saturated heterocycles. The molecule has 150 valence electrons. The number of carbonyl (C=O) groups is 1. The number of carbonyl (C=O) groups excluding carboxylic acids is 1. The van der Waals surface area contributed by atoms with Crippen LogP contribution in [0.4, 0.5) is 13.2 Å². The Bertz CT molecular complexity index is 854. The van der Waals surface area contributed by atoms with E-state index in [1.807, 2.05) is 0 Å². The summed E-state index contributed by atoms with van der Waals surface area (Å²) in [6, 6.07) is 4.72. The van der Waals surface area contributed by atoms with Crippen LogP contribution in [-0.4, -0.2) is 35.6 Å². The average Bonchev–Trinajstić information content (AvgIpc) is 2.68. The van der Waals surface area contributed by atoms with E-state index in [2.05, 4.69) is 15.3 Å². The van der Waals surface area contributed by atoms with Gasteiger partial charge in [-0.15, -0.1) is 0 Å². The molecule has 3 rings (SSSR count). The third-order valence-electron chi connectivity index (χ3n) is 4.75. The molecule has 1 aromatic carbocycles. The number of nitrogens with zero attached hydrogens (tertiary/aromatic N) is 2. The molecule has 1 N–H and O–H groups in total. The van der Waals surface area contributed by atoms with Gasteiger partial charge in [-0.25, -0.2) is 9.97 Å². The molecule has 0 bridgehead atoms. The smallest absolute Gasteiger partial charge is 0.381 e. The molecular formula is C18H16Cl2F3N3O2. The Labute approximate surface area is 169 Å². The lowest BCUT2D eigenvalue weighted by Gasteiger charge is -2.37. The van der Waals surface area contributed by atoms with Crippen LogP contribution in [0.3, 0.4) is 0 Å². The largest absolute Gasteiger partial charge is 0.451 e. The highest BCUT2D eigenvalue weighted by Crippen LogP contribution is 2.35. The van der Waals surface area contributed by atoms with Crippen molar-refractivity contribution in [2.75, 3.05) is 19.8 Å². The Hall–Kier alpha value is -1.90. The lowest BCUT2D eigenvalue weighted by Crippen LogP contribution is -2.45. The summed E-state index contributed by atoms with van der Waals surface area (Å²) in [6.07, 6.45) is -1.27. The van der Waals surface area contributed by atoms with E-state index in [0.717, 1.165) is 0 Å². The second kappa shape index (κ2) is 8.23. The van der Waals surface area contributed by atoms with E-state index in [9.17, 15) is 18.0 Å². The Morgan fingerprint density at radius 2 is 1.82 bits per heavy atom. The molecule has 1 fully saturated rings. The predicted molar refractivity (Wildman–Crippen MR) is 97.6 cm³/mol.